The van der Waals surface area contributed by atoms with Crippen LogP contribution in [0.5, 0.6) is 0 Å². The Bertz CT molecular complexity index is 980. The number of hydrogen-bond donors (Lipinski definition) is 2. The molecule has 0 bridgehead atoms. The molecule has 140 valence electrons. The fourth-order valence-electron chi connectivity index (χ4n) is 3.25. The Balaban J connectivity index is 1.42. The molecule has 0 saturated carbocycles. The quantitative estimate of drug-likeness (QED) is 0.717. The van der Waals surface area contributed by atoms with E-state index in [4.69, 9.17) is 4.42 Å². The van der Waals surface area contributed by atoms with E-state index < -0.39 is 0 Å². The van der Waals surface area contributed by atoms with Crippen molar-refractivity contribution < 1.29 is 13.6 Å². The third kappa shape index (κ3) is 3.45. The van der Waals surface area contributed by atoms with Crippen molar-refractivity contribution in [1.82, 2.24) is 10.3 Å². The van der Waals surface area contributed by atoms with E-state index in [1.54, 1.807) is 12.3 Å². The topological polar surface area (TPSA) is 70.4 Å². The van der Waals surface area contributed by atoms with Crippen molar-refractivity contribution in [3.8, 4) is 0 Å². The van der Waals surface area contributed by atoms with Crippen molar-refractivity contribution in [3.63, 3.8) is 0 Å². The largest absolute Gasteiger partial charge is 0.459 e. The van der Waals surface area contributed by atoms with Gasteiger partial charge in [0.2, 0.25) is 0 Å². The number of pyridine rings is 1. The van der Waals surface area contributed by atoms with Gasteiger partial charge in [0.15, 0.2) is 0 Å². The summed E-state index contributed by atoms with van der Waals surface area (Å²) in [7, 11) is 0. The zero-order valence-corrected chi connectivity index (χ0v) is 15.3. The molecule has 7 heteroatoms. The molecule has 0 radical (unpaired) electrons. The number of fused-ring (bicyclic) bond motifs is 1. The number of hydrogen-bond acceptors (Lipinski definition) is 4. The fourth-order valence-corrected chi connectivity index (χ4v) is 3.25. The van der Waals surface area contributed by atoms with Crippen LogP contribution in [0.15, 0.2) is 40.9 Å². The number of anilines is 2. The highest BCUT2D eigenvalue weighted by Gasteiger charge is 2.19. The lowest BCUT2D eigenvalue weighted by molar-refractivity contribution is 0.248. The second-order valence-corrected chi connectivity index (χ2v) is 6.80. The van der Waals surface area contributed by atoms with Crippen molar-refractivity contribution in [2.24, 2.45) is 0 Å². The summed E-state index contributed by atoms with van der Waals surface area (Å²) in [5.74, 6) is 1.22. The normalized spacial score (nSPS) is 14.7. The highest BCUT2D eigenvalue weighted by atomic mass is 19.1. The standard InChI is InChI=1S/C20H21FN4O2/c1-12-16-10-14(21)4-6-17(16)27-19(12)13(2)23-20(26)24-15-5-7-18(22-11-15)25-8-3-9-25/h4-7,10-11,13H,3,8-9H2,1-2H3,(H2,23,24,26). The van der Waals surface area contributed by atoms with Gasteiger partial charge in [0, 0.05) is 24.0 Å². The van der Waals surface area contributed by atoms with E-state index in [0.29, 0.717) is 22.4 Å². The first-order chi connectivity index (χ1) is 13.0. The third-order valence-electron chi connectivity index (χ3n) is 4.86. The molecule has 1 aliphatic heterocycles. The number of carbonyl (C=O) groups is 1. The van der Waals surface area contributed by atoms with Crippen molar-refractivity contribution in [2.75, 3.05) is 23.3 Å². The van der Waals surface area contributed by atoms with Gasteiger partial charge in [0.1, 0.15) is 23.0 Å². The van der Waals surface area contributed by atoms with Crippen LogP contribution in [0.4, 0.5) is 20.7 Å². The van der Waals surface area contributed by atoms with Crippen LogP contribution in [0.2, 0.25) is 0 Å². The third-order valence-corrected chi connectivity index (χ3v) is 4.86. The lowest BCUT2D eigenvalue weighted by atomic mass is 10.1. The van der Waals surface area contributed by atoms with Crippen LogP contribution < -0.4 is 15.5 Å². The van der Waals surface area contributed by atoms with Crippen LogP contribution in [0.25, 0.3) is 11.0 Å². The molecule has 1 unspecified atom stereocenters. The molecule has 1 fully saturated rings. The summed E-state index contributed by atoms with van der Waals surface area (Å²) in [6.07, 6.45) is 2.84. The Labute approximate surface area is 156 Å². The predicted molar refractivity (Wildman–Crippen MR) is 103 cm³/mol. The molecule has 1 saturated heterocycles. The number of urea groups is 1. The Hall–Kier alpha value is -3.09. The average molecular weight is 368 g/mol. The Morgan fingerprint density at radius 3 is 2.78 bits per heavy atom. The van der Waals surface area contributed by atoms with Gasteiger partial charge in [-0.25, -0.2) is 14.2 Å². The molecular formula is C20H21FN4O2. The van der Waals surface area contributed by atoms with Crippen LogP contribution in [-0.2, 0) is 0 Å². The lowest BCUT2D eigenvalue weighted by Gasteiger charge is -2.31. The van der Waals surface area contributed by atoms with E-state index in [1.165, 1.54) is 18.6 Å². The van der Waals surface area contributed by atoms with Gasteiger partial charge < -0.3 is 20.0 Å². The first-order valence-corrected chi connectivity index (χ1v) is 8.98. The van der Waals surface area contributed by atoms with E-state index in [-0.39, 0.29) is 17.9 Å². The van der Waals surface area contributed by atoms with Gasteiger partial charge in [-0.1, -0.05) is 0 Å². The van der Waals surface area contributed by atoms with Crippen LogP contribution in [0.3, 0.4) is 0 Å². The second-order valence-electron chi connectivity index (χ2n) is 6.80. The van der Waals surface area contributed by atoms with Gasteiger partial charge in [0.05, 0.1) is 17.9 Å². The molecule has 1 atom stereocenters. The molecule has 1 aliphatic rings. The van der Waals surface area contributed by atoms with Crippen molar-refractivity contribution in [2.45, 2.75) is 26.3 Å². The molecule has 4 rings (SSSR count). The summed E-state index contributed by atoms with van der Waals surface area (Å²) >= 11 is 0. The van der Waals surface area contributed by atoms with Crippen molar-refractivity contribution >= 4 is 28.5 Å². The molecule has 6 nitrogen and oxygen atoms in total. The molecular weight excluding hydrogens is 347 g/mol. The molecule has 0 spiro atoms. The number of nitrogens with zero attached hydrogens (tertiary/aromatic N) is 2. The molecule has 2 amide bonds. The number of rotatable bonds is 4. The maximum atomic E-state index is 13.5. The molecule has 0 aliphatic carbocycles. The van der Waals surface area contributed by atoms with Crippen LogP contribution in [0.1, 0.15) is 30.7 Å². The minimum atomic E-state index is -0.367. The van der Waals surface area contributed by atoms with Gasteiger partial charge in [-0.3, -0.25) is 0 Å². The van der Waals surface area contributed by atoms with Crippen molar-refractivity contribution in [1.29, 1.82) is 0 Å². The number of nitrogens with one attached hydrogen (secondary N) is 2. The first kappa shape index (κ1) is 17.3. The van der Waals surface area contributed by atoms with Crippen molar-refractivity contribution in [3.05, 3.63) is 53.7 Å². The molecule has 1 aromatic carbocycles. The second kappa shape index (κ2) is 6.90. The van der Waals surface area contributed by atoms with Gasteiger partial charge in [-0.15, -0.1) is 0 Å². The predicted octanol–water partition coefficient (Wildman–Crippen LogP) is 4.37. The summed E-state index contributed by atoms with van der Waals surface area (Å²) in [5.41, 5.74) is 2.04. The summed E-state index contributed by atoms with van der Waals surface area (Å²) in [5, 5.41) is 6.33. The summed E-state index contributed by atoms with van der Waals surface area (Å²) < 4.78 is 19.3. The van der Waals surface area contributed by atoms with Gasteiger partial charge in [0.25, 0.3) is 0 Å². The van der Waals surface area contributed by atoms with E-state index in [2.05, 4.69) is 20.5 Å². The van der Waals surface area contributed by atoms with Gasteiger partial charge >= 0.3 is 6.03 Å². The van der Waals surface area contributed by atoms with Crippen LogP contribution in [-0.4, -0.2) is 24.1 Å². The van der Waals surface area contributed by atoms with E-state index in [1.807, 2.05) is 26.0 Å². The lowest BCUT2D eigenvalue weighted by Crippen LogP contribution is -2.37. The highest BCUT2D eigenvalue weighted by Crippen LogP contribution is 2.30. The molecule has 27 heavy (non-hydrogen) atoms. The number of aryl methyl sites for hydroxylation is 1. The highest BCUT2D eigenvalue weighted by molar-refractivity contribution is 5.89. The first-order valence-electron chi connectivity index (χ1n) is 8.98. The minimum absolute atomic E-state index is 0.314. The number of furan rings is 1. The number of aromatic nitrogens is 1. The zero-order chi connectivity index (χ0) is 19.0. The van der Waals surface area contributed by atoms with E-state index in [9.17, 15) is 9.18 Å². The molecule has 3 heterocycles. The van der Waals surface area contributed by atoms with Gasteiger partial charge in [-0.2, -0.15) is 0 Å². The zero-order valence-electron chi connectivity index (χ0n) is 15.3. The van der Waals surface area contributed by atoms with E-state index >= 15 is 0 Å². The smallest absolute Gasteiger partial charge is 0.319 e. The Morgan fingerprint density at radius 2 is 2.11 bits per heavy atom. The molecule has 3 aromatic rings. The Morgan fingerprint density at radius 1 is 1.30 bits per heavy atom. The van der Waals surface area contributed by atoms with Gasteiger partial charge in [-0.05, 0) is 50.6 Å². The number of benzene rings is 1. The minimum Gasteiger partial charge on any atom is -0.459 e. The summed E-state index contributed by atoms with van der Waals surface area (Å²) in [6, 6.07) is 7.41. The summed E-state index contributed by atoms with van der Waals surface area (Å²) in [6.45, 7) is 5.73. The van der Waals surface area contributed by atoms with Crippen LogP contribution in [0, 0.1) is 12.7 Å². The fraction of sp³-hybridized carbons (Fsp3) is 0.300. The maximum Gasteiger partial charge on any atom is 0.319 e. The number of amides is 2. The average Bonchev–Trinajstić information content (AvgIpc) is 2.91. The van der Waals surface area contributed by atoms with E-state index in [0.717, 1.165) is 24.5 Å². The Kier molecular flexibility index (Phi) is 4.43. The number of carbonyl (C=O) groups excluding carboxylic acids is 1. The molecule has 2 aromatic heterocycles. The maximum absolute atomic E-state index is 13.5. The SMILES string of the molecule is Cc1c(C(C)NC(=O)Nc2ccc(N3CCC3)nc2)oc2ccc(F)cc12. The number of halogens is 1. The summed E-state index contributed by atoms with van der Waals surface area (Å²) in [4.78, 5) is 18.9. The van der Waals surface area contributed by atoms with Crippen LogP contribution >= 0.6 is 0 Å². The molecule has 2 N–H and O–H groups in total. The monoisotopic (exact) mass is 368 g/mol.